The maximum absolute atomic E-state index is 13.1. The number of halogens is 2. The number of amides is 1. The molecular weight excluding hydrogens is 507 g/mol. The number of hydrogen-bond acceptors (Lipinski definition) is 8. The van der Waals surface area contributed by atoms with Gasteiger partial charge in [0.15, 0.2) is 6.61 Å². The minimum Gasteiger partial charge on any atom is -0.482 e. The van der Waals surface area contributed by atoms with Crippen molar-refractivity contribution in [3.05, 3.63) is 79.1 Å². The van der Waals surface area contributed by atoms with E-state index in [-0.39, 0.29) is 16.6 Å². The normalized spacial score (nSPS) is 11.2. The van der Waals surface area contributed by atoms with Gasteiger partial charge in [0.2, 0.25) is 5.13 Å². The fraction of sp³-hybridized carbons (Fsp3) is 0.0952. The van der Waals surface area contributed by atoms with Gasteiger partial charge in [0.1, 0.15) is 5.75 Å². The second kappa shape index (κ2) is 9.84. The minimum absolute atomic E-state index is 0.0227. The molecule has 0 bridgehead atoms. The lowest BCUT2D eigenvalue weighted by molar-refractivity contribution is -0.380. The molecule has 2 heterocycles. The molecule has 0 unspecified atom stereocenters. The number of thiazole rings is 1. The van der Waals surface area contributed by atoms with Crippen LogP contribution in [-0.2, 0) is 4.79 Å². The summed E-state index contributed by atoms with van der Waals surface area (Å²) in [5.41, 5.74) is 1.78. The Labute approximate surface area is 205 Å². The van der Waals surface area contributed by atoms with E-state index in [2.05, 4.69) is 10.1 Å². The summed E-state index contributed by atoms with van der Waals surface area (Å²) in [7, 11) is 0. The van der Waals surface area contributed by atoms with Crippen LogP contribution in [-0.4, -0.2) is 28.6 Å². The lowest BCUT2D eigenvalue weighted by Crippen LogP contribution is -2.30. The summed E-state index contributed by atoms with van der Waals surface area (Å²) < 4.78 is 6.47. The first-order valence-electron chi connectivity index (χ1n) is 9.36. The van der Waals surface area contributed by atoms with E-state index in [4.69, 9.17) is 27.9 Å². The maximum Gasteiger partial charge on any atom is 0.324 e. The molecule has 0 radical (unpaired) electrons. The summed E-state index contributed by atoms with van der Waals surface area (Å²) in [5, 5.41) is 17.4. The number of carbonyl (C=O) groups is 1. The summed E-state index contributed by atoms with van der Waals surface area (Å²) in [6, 6.07) is 13.4. The van der Waals surface area contributed by atoms with Gasteiger partial charge in [-0.1, -0.05) is 51.9 Å². The smallest absolute Gasteiger partial charge is 0.324 e. The molecule has 0 aliphatic rings. The van der Waals surface area contributed by atoms with E-state index < -0.39 is 10.8 Å². The summed E-state index contributed by atoms with van der Waals surface area (Å²) >= 11 is 14.3. The highest BCUT2D eigenvalue weighted by Gasteiger charge is 2.21. The van der Waals surface area contributed by atoms with E-state index in [1.54, 1.807) is 18.2 Å². The molecule has 0 saturated carbocycles. The van der Waals surface area contributed by atoms with Crippen LogP contribution in [0.25, 0.3) is 10.2 Å². The number of thiophene rings is 1. The van der Waals surface area contributed by atoms with Gasteiger partial charge in [-0.2, -0.15) is 10.1 Å². The van der Waals surface area contributed by atoms with Crippen LogP contribution in [0.2, 0.25) is 10.0 Å². The molecule has 33 heavy (non-hydrogen) atoms. The molecule has 1 amide bonds. The van der Waals surface area contributed by atoms with Crippen molar-refractivity contribution in [2.45, 2.75) is 6.92 Å². The Balaban J connectivity index is 1.62. The highest BCUT2D eigenvalue weighted by molar-refractivity contribution is 7.22. The number of anilines is 1. The summed E-state index contributed by atoms with van der Waals surface area (Å²) in [5.74, 6) is -0.203. The molecule has 0 fully saturated rings. The van der Waals surface area contributed by atoms with Gasteiger partial charge in [0, 0.05) is 11.1 Å². The van der Waals surface area contributed by atoms with E-state index >= 15 is 0 Å². The van der Waals surface area contributed by atoms with Gasteiger partial charge in [0.25, 0.3) is 5.91 Å². The Kier molecular flexibility index (Phi) is 6.89. The van der Waals surface area contributed by atoms with Crippen LogP contribution in [0.1, 0.15) is 10.4 Å². The minimum atomic E-state index is -0.501. The predicted octanol–water partition coefficient (Wildman–Crippen LogP) is 6.33. The van der Waals surface area contributed by atoms with Gasteiger partial charge in [-0.15, -0.1) is 0 Å². The second-order valence-corrected chi connectivity index (χ2v) is 9.66. The number of benzene rings is 2. The SMILES string of the molecule is Cc1ccc2nc(N(/N=C/c3ccc([N+](=O)[O-])s3)C(=O)COc3ccc(Cl)cc3Cl)sc2c1. The molecule has 8 nitrogen and oxygen atoms in total. The molecule has 12 heteroatoms. The monoisotopic (exact) mass is 520 g/mol. The molecular formula is C21H14Cl2N4O4S2. The molecule has 0 N–H and O–H groups in total. The third kappa shape index (κ3) is 5.48. The largest absolute Gasteiger partial charge is 0.482 e. The lowest BCUT2D eigenvalue weighted by atomic mass is 10.2. The van der Waals surface area contributed by atoms with Gasteiger partial charge >= 0.3 is 5.00 Å². The zero-order valence-corrected chi connectivity index (χ0v) is 20.0. The van der Waals surface area contributed by atoms with Crippen LogP contribution in [0.15, 0.2) is 53.6 Å². The third-order valence-electron chi connectivity index (χ3n) is 4.29. The van der Waals surface area contributed by atoms with E-state index in [1.165, 1.54) is 29.7 Å². The highest BCUT2D eigenvalue weighted by atomic mass is 35.5. The number of carbonyl (C=O) groups excluding carboxylic acids is 1. The molecule has 0 spiro atoms. The van der Waals surface area contributed by atoms with Gasteiger partial charge in [-0.05, 0) is 48.9 Å². The number of rotatable bonds is 7. The Hall–Kier alpha value is -3.05. The van der Waals surface area contributed by atoms with Gasteiger partial charge in [-0.25, -0.2) is 4.98 Å². The van der Waals surface area contributed by atoms with Crippen molar-refractivity contribution in [1.29, 1.82) is 0 Å². The number of fused-ring (bicyclic) bond motifs is 1. The summed E-state index contributed by atoms with van der Waals surface area (Å²) in [4.78, 5) is 28.5. The Morgan fingerprint density at radius 1 is 1.21 bits per heavy atom. The zero-order valence-electron chi connectivity index (χ0n) is 16.9. The predicted molar refractivity (Wildman–Crippen MR) is 132 cm³/mol. The molecule has 0 aliphatic carbocycles. The average molecular weight is 521 g/mol. The van der Waals surface area contributed by atoms with E-state index in [0.717, 1.165) is 32.1 Å². The number of nitro groups is 1. The third-order valence-corrected chi connectivity index (χ3v) is 6.78. The number of nitrogens with zero attached hydrogens (tertiary/aromatic N) is 4. The summed E-state index contributed by atoms with van der Waals surface area (Å²) in [6.07, 6.45) is 1.38. The van der Waals surface area contributed by atoms with Crippen molar-refractivity contribution in [3.8, 4) is 5.75 Å². The highest BCUT2D eigenvalue weighted by Crippen LogP contribution is 2.31. The second-order valence-electron chi connectivity index (χ2n) is 6.71. The van der Waals surface area contributed by atoms with Crippen LogP contribution in [0.3, 0.4) is 0 Å². The number of hydrazone groups is 1. The molecule has 2 aromatic carbocycles. The van der Waals surface area contributed by atoms with E-state index in [1.807, 2.05) is 25.1 Å². The quantitative estimate of drug-likeness (QED) is 0.161. The van der Waals surface area contributed by atoms with Crippen molar-refractivity contribution in [2.75, 3.05) is 11.6 Å². The molecule has 168 valence electrons. The first kappa shape index (κ1) is 23.1. The van der Waals surface area contributed by atoms with E-state index in [9.17, 15) is 14.9 Å². The average Bonchev–Trinajstić information content (AvgIpc) is 3.40. The van der Waals surface area contributed by atoms with Crippen LogP contribution < -0.4 is 9.75 Å². The molecule has 0 aliphatic heterocycles. The standard InChI is InChI=1S/C21H14Cl2N4O4S2/c1-12-2-5-16-18(8-12)33-21(25-16)26(24-10-14-4-7-20(32-14)27(29)30)19(28)11-31-17-6-3-13(22)9-15(17)23/h2-10H,11H2,1H3/b24-10+. The van der Waals surface area contributed by atoms with Gasteiger partial charge in [0.05, 0.1) is 31.3 Å². The maximum atomic E-state index is 13.1. The molecule has 2 aromatic heterocycles. The van der Waals surface area contributed by atoms with Crippen molar-refractivity contribution < 1.29 is 14.5 Å². The Morgan fingerprint density at radius 3 is 2.76 bits per heavy atom. The van der Waals surface area contributed by atoms with Crippen LogP contribution >= 0.6 is 45.9 Å². The van der Waals surface area contributed by atoms with Gasteiger partial charge < -0.3 is 4.74 Å². The Morgan fingerprint density at radius 2 is 2.03 bits per heavy atom. The molecule has 4 aromatic rings. The first-order chi connectivity index (χ1) is 15.8. The van der Waals surface area contributed by atoms with Crippen molar-refractivity contribution in [1.82, 2.24) is 4.98 Å². The lowest BCUT2D eigenvalue weighted by Gasteiger charge is -2.14. The van der Waals surface area contributed by atoms with Crippen LogP contribution in [0, 0.1) is 17.0 Å². The molecule has 0 atom stereocenters. The van der Waals surface area contributed by atoms with Gasteiger partial charge in [-0.3, -0.25) is 14.9 Å². The fourth-order valence-corrected chi connectivity index (χ4v) is 4.94. The van der Waals surface area contributed by atoms with Crippen LogP contribution in [0.4, 0.5) is 10.1 Å². The van der Waals surface area contributed by atoms with Crippen LogP contribution in [0.5, 0.6) is 5.75 Å². The molecule has 0 saturated heterocycles. The molecule has 4 rings (SSSR count). The number of aromatic nitrogens is 1. The van der Waals surface area contributed by atoms with Crippen molar-refractivity contribution in [3.63, 3.8) is 0 Å². The van der Waals surface area contributed by atoms with Crippen molar-refractivity contribution >= 4 is 78.3 Å². The fourth-order valence-electron chi connectivity index (χ4n) is 2.75. The number of ether oxygens (including phenoxy) is 1. The zero-order chi connectivity index (χ0) is 23.5. The topological polar surface area (TPSA) is 97.9 Å². The summed E-state index contributed by atoms with van der Waals surface area (Å²) in [6.45, 7) is 1.60. The number of hydrogen-bond donors (Lipinski definition) is 0. The van der Waals surface area contributed by atoms with E-state index in [0.29, 0.717) is 20.8 Å². The first-order valence-corrected chi connectivity index (χ1v) is 11.8. The Bertz CT molecular complexity index is 1390. The number of aryl methyl sites for hydroxylation is 1. The van der Waals surface area contributed by atoms with Crippen molar-refractivity contribution in [2.24, 2.45) is 5.10 Å².